The van der Waals surface area contributed by atoms with Gasteiger partial charge in [0.2, 0.25) is 0 Å². The molecule has 0 saturated carbocycles. The van der Waals surface area contributed by atoms with E-state index in [2.05, 4.69) is 4.74 Å². The van der Waals surface area contributed by atoms with Gasteiger partial charge in [0.15, 0.2) is 0 Å². The summed E-state index contributed by atoms with van der Waals surface area (Å²) in [5, 5.41) is 16.6. The summed E-state index contributed by atoms with van der Waals surface area (Å²) in [5.74, 6) is 0. The van der Waals surface area contributed by atoms with E-state index in [1.165, 1.54) is 0 Å². The molecule has 0 aliphatic carbocycles. The highest BCUT2D eigenvalue weighted by molar-refractivity contribution is 4.50. The number of aliphatic hydroxyl groups is 2. The van der Waals surface area contributed by atoms with E-state index < -0.39 is 0 Å². The van der Waals surface area contributed by atoms with Crippen molar-refractivity contribution in [1.82, 2.24) is 0 Å². The van der Waals surface area contributed by atoms with Crippen molar-refractivity contribution in [3.05, 3.63) is 0 Å². The Morgan fingerprint density at radius 2 is 2.00 bits per heavy atom. The number of aliphatic hydroxyl groups excluding tert-OH is 2. The van der Waals surface area contributed by atoms with Crippen molar-refractivity contribution in [2.45, 2.75) is 19.4 Å². The van der Waals surface area contributed by atoms with E-state index in [4.69, 9.17) is 14.9 Å². The van der Waals surface area contributed by atoms with Crippen LogP contribution in [-0.4, -0.2) is 36.5 Å². The van der Waals surface area contributed by atoms with Gasteiger partial charge in [-0.2, -0.15) is 0 Å². The Kier molecular flexibility index (Phi) is 6.84. The Morgan fingerprint density at radius 1 is 1.30 bits per heavy atom. The topological polar surface area (TPSA) is 58.9 Å². The summed E-state index contributed by atoms with van der Waals surface area (Å²) >= 11 is 0. The summed E-state index contributed by atoms with van der Waals surface area (Å²) in [4.78, 5) is 0. The van der Waals surface area contributed by atoms with E-state index in [-0.39, 0.29) is 19.7 Å². The lowest BCUT2D eigenvalue weighted by atomic mass is 10.3. The fraction of sp³-hybridized carbons (Fsp3) is 1.00. The molecule has 0 saturated heterocycles. The van der Waals surface area contributed by atoms with Gasteiger partial charge in [-0.25, -0.2) is 0 Å². The van der Waals surface area contributed by atoms with Gasteiger partial charge in [-0.1, -0.05) is 6.92 Å². The second-order valence-electron chi connectivity index (χ2n) is 1.83. The van der Waals surface area contributed by atoms with Gasteiger partial charge in [-0.05, 0) is 6.42 Å². The number of hydrogen-bond donors (Lipinski definition) is 2. The average molecular weight is 150 g/mol. The third-order valence-corrected chi connectivity index (χ3v) is 1.16. The second-order valence-corrected chi connectivity index (χ2v) is 1.83. The van der Waals surface area contributed by atoms with Crippen LogP contribution in [0.1, 0.15) is 13.3 Å². The molecule has 0 aliphatic rings. The predicted octanol–water partition coefficient (Wildman–Crippen LogP) is -0.302. The normalized spacial score (nSPS) is 13.5. The third-order valence-electron chi connectivity index (χ3n) is 1.16. The van der Waals surface area contributed by atoms with Crippen LogP contribution < -0.4 is 0 Å². The van der Waals surface area contributed by atoms with Crippen LogP contribution in [0.3, 0.4) is 0 Å². The zero-order chi connectivity index (χ0) is 7.82. The van der Waals surface area contributed by atoms with E-state index in [1.54, 1.807) is 0 Å². The van der Waals surface area contributed by atoms with Crippen LogP contribution in [-0.2, 0) is 9.47 Å². The first-order valence-electron chi connectivity index (χ1n) is 3.26. The van der Waals surface area contributed by atoms with Gasteiger partial charge in [0, 0.05) is 0 Å². The Balaban J connectivity index is 3.21. The maximum atomic E-state index is 8.33. The monoisotopic (exact) mass is 150 g/mol. The van der Waals surface area contributed by atoms with E-state index >= 15 is 0 Å². The highest BCUT2D eigenvalue weighted by Crippen LogP contribution is 1.96. The lowest BCUT2D eigenvalue weighted by molar-refractivity contribution is -0.103. The molecule has 0 spiro atoms. The van der Waals surface area contributed by atoms with Crippen LogP contribution in [0.5, 0.6) is 0 Å². The minimum absolute atomic E-state index is 0.114. The van der Waals surface area contributed by atoms with E-state index in [9.17, 15) is 0 Å². The zero-order valence-corrected chi connectivity index (χ0v) is 6.12. The van der Waals surface area contributed by atoms with Crippen LogP contribution >= 0.6 is 0 Å². The summed E-state index contributed by atoms with van der Waals surface area (Å²) in [5.41, 5.74) is 0. The van der Waals surface area contributed by atoms with E-state index in [0.29, 0.717) is 6.61 Å². The molecule has 0 rings (SSSR count). The maximum Gasteiger partial charge on any atom is 0.144 e. The summed E-state index contributed by atoms with van der Waals surface area (Å²) in [6.07, 6.45) is 0.651. The van der Waals surface area contributed by atoms with Crippen LogP contribution in [0.15, 0.2) is 0 Å². The molecule has 0 aliphatic heterocycles. The molecule has 10 heavy (non-hydrogen) atoms. The molecule has 62 valence electrons. The first-order chi connectivity index (χ1) is 4.85. The molecule has 4 nitrogen and oxygen atoms in total. The molecular weight excluding hydrogens is 136 g/mol. The number of rotatable bonds is 6. The first-order valence-corrected chi connectivity index (χ1v) is 3.26. The van der Waals surface area contributed by atoms with Gasteiger partial charge >= 0.3 is 0 Å². The van der Waals surface area contributed by atoms with Crippen LogP contribution in [0.4, 0.5) is 0 Å². The lowest BCUT2D eigenvalue weighted by Crippen LogP contribution is -2.19. The summed E-state index contributed by atoms with van der Waals surface area (Å²) in [6.45, 7) is 1.65. The van der Waals surface area contributed by atoms with E-state index in [1.807, 2.05) is 6.92 Å². The fourth-order valence-corrected chi connectivity index (χ4v) is 0.573. The van der Waals surface area contributed by atoms with Gasteiger partial charge in [-0.3, -0.25) is 0 Å². The maximum absolute atomic E-state index is 8.33. The van der Waals surface area contributed by atoms with Crippen molar-refractivity contribution >= 4 is 0 Å². The molecule has 0 radical (unpaired) electrons. The molecule has 0 amide bonds. The molecule has 0 aromatic rings. The molecule has 0 heterocycles. The van der Waals surface area contributed by atoms with Crippen molar-refractivity contribution in [3.8, 4) is 0 Å². The van der Waals surface area contributed by atoms with Gasteiger partial charge in [0.25, 0.3) is 0 Å². The molecule has 4 heteroatoms. The Morgan fingerprint density at radius 3 is 2.40 bits per heavy atom. The molecule has 1 unspecified atom stereocenters. The number of ether oxygens (including phenoxy) is 2. The molecule has 0 bridgehead atoms. The summed E-state index contributed by atoms with van der Waals surface area (Å²) in [6, 6.07) is 0. The quantitative estimate of drug-likeness (QED) is 0.510. The Bertz CT molecular complexity index is 66.8. The zero-order valence-electron chi connectivity index (χ0n) is 6.12. The summed E-state index contributed by atoms with van der Waals surface area (Å²) in [7, 11) is 0. The van der Waals surface area contributed by atoms with E-state index in [0.717, 1.165) is 6.42 Å². The number of hydrogen-bond acceptors (Lipinski definition) is 4. The predicted molar refractivity (Wildman–Crippen MR) is 35.3 cm³/mol. The molecule has 1 atom stereocenters. The van der Waals surface area contributed by atoms with Crippen LogP contribution in [0.2, 0.25) is 0 Å². The third kappa shape index (κ3) is 4.69. The second kappa shape index (κ2) is 6.95. The SMILES string of the molecule is CCC(COCO)OCO. The standard InChI is InChI=1S/C6H14O4/c1-2-6(10-5-8)3-9-4-7/h6-8H,2-5H2,1H3. The molecule has 0 aromatic carbocycles. The Hall–Kier alpha value is -0.160. The smallest absolute Gasteiger partial charge is 0.144 e. The molecule has 0 fully saturated rings. The minimum Gasteiger partial charge on any atom is -0.371 e. The largest absolute Gasteiger partial charge is 0.371 e. The van der Waals surface area contributed by atoms with Gasteiger partial charge < -0.3 is 19.7 Å². The fourth-order valence-electron chi connectivity index (χ4n) is 0.573. The van der Waals surface area contributed by atoms with Crippen LogP contribution in [0.25, 0.3) is 0 Å². The van der Waals surface area contributed by atoms with Crippen molar-refractivity contribution in [3.63, 3.8) is 0 Å². The van der Waals surface area contributed by atoms with Gasteiger partial charge in [0.1, 0.15) is 13.6 Å². The first kappa shape index (κ1) is 9.84. The van der Waals surface area contributed by atoms with Crippen molar-refractivity contribution in [2.24, 2.45) is 0 Å². The van der Waals surface area contributed by atoms with Crippen molar-refractivity contribution in [2.75, 3.05) is 20.2 Å². The highest BCUT2D eigenvalue weighted by Gasteiger charge is 2.04. The van der Waals surface area contributed by atoms with Crippen molar-refractivity contribution < 1.29 is 19.7 Å². The van der Waals surface area contributed by atoms with Gasteiger partial charge in [0.05, 0.1) is 12.7 Å². The Labute approximate surface area is 60.4 Å². The van der Waals surface area contributed by atoms with Crippen molar-refractivity contribution in [1.29, 1.82) is 0 Å². The molecular formula is C6H14O4. The lowest BCUT2D eigenvalue weighted by Gasteiger charge is -2.12. The minimum atomic E-state index is -0.300. The average Bonchev–Trinajstić information content (AvgIpc) is 1.98. The summed E-state index contributed by atoms with van der Waals surface area (Å²) < 4.78 is 9.47. The van der Waals surface area contributed by atoms with Gasteiger partial charge in [-0.15, -0.1) is 0 Å². The highest BCUT2D eigenvalue weighted by atomic mass is 16.6. The molecule has 0 aromatic heterocycles. The van der Waals surface area contributed by atoms with Crippen LogP contribution in [0, 0.1) is 0 Å². The molecule has 2 N–H and O–H groups in total.